The Morgan fingerprint density at radius 2 is 1.96 bits per heavy atom. The highest BCUT2D eigenvalue weighted by Gasteiger charge is 2.26. The van der Waals surface area contributed by atoms with E-state index in [1.807, 2.05) is 42.7 Å². The molecule has 1 saturated heterocycles. The van der Waals surface area contributed by atoms with Crippen molar-refractivity contribution in [3.05, 3.63) is 59.4 Å². The first kappa shape index (κ1) is 17.2. The molecular weight excluding hydrogens is 342 g/mol. The summed E-state index contributed by atoms with van der Waals surface area (Å²) < 4.78 is 1.19. The van der Waals surface area contributed by atoms with Crippen molar-refractivity contribution in [3.8, 4) is 0 Å². The van der Waals surface area contributed by atoms with Gasteiger partial charge in [-0.05, 0) is 42.7 Å². The maximum absolute atomic E-state index is 13.0. The molecule has 0 N–H and O–H groups in total. The van der Waals surface area contributed by atoms with Crippen LogP contribution in [0, 0.1) is 0 Å². The summed E-state index contributed by atoms with van der Waals surface area (Å²) in [4.78, 5) is 23.9. The fourth-order valence-corrected chi connectivity index (χ4v) is 4.69. The van der Waals surface area contributed by atoms with Gasteiger partial charge in [0.25, 0.3) is 0 Å². The van der Waals surface area contributed by atoms with Gasteiger partial charge in [0.15, 0.2) is 0 Å². The summed E-state index contributed by atoms with van der Waals surface area (Å²) >= 11 is 1.70. The molecule has 4 nitrogen and oxygen atoms in total. The van der Waals surface area contributed by atoms with Gasteiger partial charge in [-0.15, -0.1) is 11.3 Å². The third-order valence-electron chi connectivity index (χ3n) is 5.05. The summed E-state index contributed by atoms with van der Waals surface area (Å²) in [5.41, 5.74) is 2.24. The van der Waals surface area contributed by atoms with E-state index < -0.39 is 0 Å². The molecular formula is C21H23N3OS. The zero-order valence-corrected chi connectivity index (χ0v) is 15.6. The minimum Gasteiger partial charge on any atom is -0.336 e. The lowest BCUT2D eigenvalue weighted by Gasteiger charge is -2.30. The number of aryl methyl sites for hydroxylation is 1. The highest BCUT2D eigenvalue weighted by atomic mass is 32.1. The maximum Gasteiger partial charge on any atom is 0.223 e. The van der Waals surface area contributed by atoms with Crippen LogP contribution in [0.25, 0.3) is 10.2 Å². The number of benzene rings is 1. The second-order valence-corrected chi connectivity index (χ2v) is 7.92. The van der Waals surface area contributed by atoms with E-state index in [1.54, 1.807) is 11.3 Å². The number of hydrogen-bond acceptors (Lipinski definition) is 4. The van der Waals surface area contributed by atoms with E-state index in [-0.39, 0.29) is 11.9 Å². The Morgan fingerprint density at radius 1 is 1.12 bits per heavy atom. The molecule has 2 aromatic heterocycles. The molecule has 1 amide bonds. The number of carbonyl (C=O) groups excluding carboxylic acids is 1. The Kier molecular flexibility index (Phi) is 5.25. The lowest BCUT2D eigenvalue weighted by Crippen LogP contribution is -2.35. The van der Waals surface area contributed by atoms with Crippen molar-refractivity contribution in [1.29, 1.82) is 0 Å². The van der Waals surface area contributed by atoms with Crippen molar-refractivity contribution < 1.29 is 4.79 Å². The summed E-state index contributed by atoms with van der Waals surface area (Å²) in [6.45, 7) is 0.853. The van der Waals surface area contributed by atoms with Crippen LogP contribution in [-0.4, -0.2) is 27.3 Å². The molecule has 0 radical (unpaired) electrons. The topological polar surface area (TPSA) is 46.1 Å². The summed E-state index contributed by atoms with van der Waals surface area (Å²) in [6.07, 6.45) is 9.40. The third kappa shape index (κ3) is 3.78. The average Bonchev–Trinajstić information content (AvgIpc) is 2.94. The largest absolute Gasteiger partial charge is 0.336 e. The highest BCUT2D eigenvalue weighted by Crippen LogP contribution is 2.31. The summed E-state index contributed by atoms with van der Waals surface area (Å²) in [5, 5.41) is 1.05. The molecule has 0 spiro atoms. The fraction of sp³-hybridized carbons (Fsp3) is 0.381. The number of rotatable bonds is 4. The molecule has 1 atom stereocenters. The van der Waals surface area contributed by atoms with Gasteiger partial charge in [-0.1, -0.05) is 25.0 Å². The van der Waals surface area contributed by atoms with Gasteiger partial charge in [-0.3, -0.25) is 9.78 Å². The quantitative estimate of drug-likeness (QED) is 0.669. The molecule has 0 saturated carbocycles. The van der Waals surface area contributed by atoms with Gasteiger partial charge in [-0.2, -0.15) is 0 Å². The first-order valence-electron chi connectivity index (χ1n) is 9.35. The molecule has 0 bridgehead atoms. The van der Waals surface area contributed by atoms with E-state index >= 15 is 0 Å². The van der Waals surface area contributed by atoms with Crippen molar-refractivity contribution >= 4 is 27.5 Å². The Balaban J connectivity index is 1.47. The van der Waals surface area contributed by atoms with Crippen LogP contribution in [0.15, 0.2) is 48.8 Å². The predicted octanol–water partition coefficient (Wildman–Crippen LogP) is 4.77. The van der Waals surface area contributed by atoms with Crippen LogP contribution >= 0.6 is 11.3 Å². The molecule has 1 aliphatic rings. The molecule has 1 aromatic carbocycles. The minimum atomic E-state index is 0.184. The van der Waals surface area contributed by atoms with Crippen molar-refractivity contribution in [2.45, 2.75) is 44.6 Å². The summed E-state index contributed by atoms with van der Waals surface area (Å²) in [6, 6.07) is 12.4. The van der Waals surface area contributed by atoms with Crippen LogP contribution in [0.1, 0.15) is 48.7 Å². The molecule has 1 fully saturated rings. The lowest BCUT2D eigenvalue weighted by molar-refractivity contribution is -0.133. The van der Waals surface area contributed by atoms with Crippen molar-refractivity contribution in [2.75, 3.05) is 6.54 Å². The lowest BCUT2D eigenvalue weighted by atomic mass is 10.0. The van der Waals surface area contributed by atoms with Crippen molar-refractivity contribution in [3.63, 3.8) is 0 Å². The number of para-hydroxylation sites is 1. The van der Waals surface area contributed by atoms with E-state index in [2.05, 4.69) is 20.9 Å². The normalized spacial score (nSPS) is 18.0. The van der Waals surface area contributed by atoms with Crippen LogP contribution in [0.5, 0.6) is 0 Å². The molecule has 0 aliphatic carbocycles. The first-order valence-corrected chi connectivity index (χ1v) is 10.2. The van der Waals surface area contributed by atoms with Gasteiger partial charge < -0.3 is 4.90 Å². The van der Waals surface area contributed by atoms with Gasteiger partial charge in [-0.25, -0.2) is 4.98 Å². The molecule has 1 unspecified atom stereocenters. The van der Waals surface area contributed by atoms with Gasteiger partial charge in [0.05, 0.1) is 21.3 Å². The number of thiazole rings is 1. The number of hydrogen-bond donors (Lipinski definition) is 0. The molecule has 1 aliphatic heterocycles. The van der Waals surface area contributed by atoms with Gasteiger partial charge in [0, 0.05) is 31.8 Å². The Labute approximate surface area is 157 Å². The highest BCUT2D eigenvalue weighted by molar-refractivity contribution is 7.18. The molecule has 3 aromatic rings. The van der Waals surface area contributed by atoms with E-state index in [4.69, 9.17) is 0 Å². The van der Waals surface area contributed by atoms with Gasteiger partial charge in [0.1, 0.15) is 0 Å². The second-order valence-electron chi connectivity index (χ2n) is 6.81. The van der Waals surface area contributed by atoms with E-state index in [0.717, 1.165) is 36.3 Å². The predicted molar refractivity (Wildman–Crippen MR) is 105 cm³/mol. The number of fused-ring (bicyclic) bond motifs is 1. The van der Waals surface area contributed by atoms with Crippen LogP contribution < -0.4 is 0 Å². The average molecular weight is 366 g/mol. The molecule has 4 rings (SSSR count). The van der Waals surface area contributed by atoms with E-state index in [1.165, 1.54) is 23.1 Å². The number of aromatic nitrogens is 2. The number of nitrogens with zero attached hydrogens (tertiary/aromatic N) is 3. The minimum absolute atomic E-state index is 0.184. The molecule has 134 valence electrons. The van der Waals surface area contributed by atoms with Gasteiger partial charge in [0.2, 0.25) is 5.91 Å². The number of carbonyl (C=O) groups is 1. The third-order valence-corrected chi connectivity index (χ3v) is 6.15. The van der Waals surface area contributed by atoms with E-state index in [9.17, 15) is 4.79 Å². The maximum atomic E-state index is 13.0. The Hall–Kier alpha value is -2.27. The van der Waals surface area contributed by atoms with Crippen LogP contribution in [0.3, 0.4) is 0 Å². The summed E-state index contributed by atoms with van der Waals surface area (Å²) in [5.74, 6) is 0.243. The fourth-order valence-electron chi connectivity index (χ4n) is 3.72. The second kappa shape index (κ2) is 7.96. The number of amides is 1. The Bertz CT molecular complexity index is 844. The van der Waals surface area contributed by atoms with Crippen molar-refractivity contribution in [2.24, 2.45) is 0 Å². The van der Waals surface area contributed by atoms with Crippen LogP contribution in [0.4, 0.5) is 0 Å². The number of pyridine rings is 1. The monoisotopic (exact) mass is 365 g/mol. The van der Waals surface area contributed by atoms with Crippen molar-refractivity contribution in [1.82, 2.24) is 14.9 Å². The smallest absolute Gasteiger partial charge is 0.223 e. The van der Waals surface area contributed by atoms with Gasteiger partial charge >= 0.3 is 0 Å². The standard InChI is InChI=1S/C21H23N3OS/c25-21(10-9-20-23-17-6-3-4-8-19(17)26-20)24-15-5-1-2-7-18(24)16-11-13-22-14-12-16/h3-4,6,8,11-14,18H,1-2,5,7,9-10,15H2. The first-order chi connectivity index (χ1) is 12.8. The summed E-state index contributed by atoms with van der Waals surface area (Å²) in [7, 11) is 0. The molecule has 3 heterocycles. The van der Waals surface area contributed by atoms with E-state index in [0.29, 0.717) is 6.42 Å². The van der Waals surface area contributed by atoms with Crippen LogP contribution in [0.2, 0.25) is 0 Å². The zero-order chi connectivity index (χ0) is 17.8. The molecule has 5 heteroatoms. The molecule has 26 heavy (non-hydrogen) atoms. The number of likely N-dealkylation sites (tertiary alicyclic amines) is 1. The van der Waals surface area contributed by atoms with Crippen LogP contribution in [-0.2, 0) is 11.2 Å². The Morgan fingerprint density at radius 3 is 2.81 bits per heavy atom. The zero-order valence-electron chi connectivity index (χ0n) is 14.8. The SMILES string of the molecule is O=C(CCc1nc2ccccc2s1)N1CCCCCC1c1ccncc1.